The number of anilines is 1. The van der Waals surface area contributed by atoms with Crippen LogP contribution < -0.4 is 5.43 Å². The van der Waals surface area contributed by atoms with Gasteiger partial charge >= 0.3 is 0 Å². The molecule has 0 amide bonds. The summed E-state index contributed by atoms with van der Waals surface area (Å²) >= 11 is 1.18. The van der Waals surface area contributed by atoms with E-state index in [1.807, 2.05) is 25.1 Å². The fourth-order valence-corrected chi connectivity index (χ4v) is 2.67. The summed E-state index contributed by atoms with van der Waals surface area (Å²) < 4.78 is 12.9. The zero-order valence-electron chi connectivity index (χ0n) is 13.8. The van der Waals surface area contributed by atoms with Crippen LogP contribution in [-0.2, 0) is 0 Å². The molecule has 0 saturated carbocycles. The highest BCUT2D eigenvalue weighted by Gasteiger charge is 2.10. The lowest BCUT2D eigenvalue weighted by Crippen LogP contribution is -2.03. The number of H-pyrrole nitrogens is 1. The Balaban J connectivity index is 1.55. The van der Waals surface area contributed by atoms with Crippen molar-refractivity contribution in [1.29, 1.82) is 0 Å². The Labute approximate surface area is 153 Å². The van der Waals surface area contributed by atoms with Gasteiger partial charge in [0.2, 0.25) is 11.1 Å². The van der Waals surface area contributed by atoms with Crippen molar-refractivity contribution in [1.82, 2.24) is 20.2 Å². The van der Waals surface area contributed by atoms with Crippen LogP contribution in [0.4, 0.5) is 10.3 Å². The lowest BCUT2D eigenvalue weighted by atomic mass is 10.1. The van der Waals surface area contributed by atoms with E-state index in [4.69, 9.17) is 0 Å². The SMILES string of the molecule is C/C(=N\Nc1nc(SCC(=O)c2ccc(F)cc2)n[nH]1)c1ccccn1. The Morgan fingerprint density at radius 1 is 1.27 bits per heavy atom. The largest absolute Gasteiger partial charge is 0.293 e. The second kappa shape index (κ2) is 8.34. The molecule has 7 nitrogen and oxygen atoms in total. The number of aromatic nitrogens is 4. The molecule has 2 aromatic heterocycles. The molecule has 0 aliphatic carbocycles. The molecule has 3 aromatic rings. The second-order valence-electron chi connectivity index (χ2n) is 5.21. The van der Waals surface area contributed by atoms with Gasteiger partial charge in [0.15, 0.2) is 5.78 Å². The molecule has 9 heteroatoms. The third-order valence-corrected chi connectivity index (χ3v) is 4.18. The Bertz CT molecular complexity index is 911. The molecule has 3 rings (SSSR count). The Morgan fingerprint density at radius 2 is 2.08 bits per heavy atom. The fraction of sp³-hybridized carbons (Fsp3) is 0.118. The Hall–Kier alpha value is -3.07. The molecule has 26 heavy (non-hydrogen) atoms. The van der Waals surface area contributed by atoms with Crippen LogP contribution >= 0.6 is 11.8 Å². The maximum absolute atomic E-state index is 12.9. The van der Waals surface area contributed by atoms with E-state index in [-0.39, 0.29) is 17.4 Å². The second-order valence-corrected chi connectivity index (χ2v) is 6.15. The van der Waals surface area contributed by atoms with Gasteiger partial charge in [0, 0.05) is 11.8 Å². The molecule has 0 fully saturated rings. The number of carbonyl (C=O) groups excluding carboxylic acids is 1. The zero-order chi connectivity index (χ0) is 18.4. The highest BCUT2D eigenvalue weighted by Crippen LogP contribution is 2.16. The normalized spacial score (nSPS) is 11.4. The highest BCUT2D eigenvalue weighted by atomic mass is 32.2. The molecule has 0 spiro atoms. The van der Waals surface area contributed by atoms with E-state index in [0.717, 1.165) is 5.69 Å². The molecule has 0 aliphatic heterocycles. The van der Waals surface area contributed by atoms with Crippen molar-refractivity contribution in [3.8, 4) is 0 Å². The third-order valence-electron chi connectivity index (χ3n) is 3.33. The standard InChI is InChI=1S/C17H15FN6OS/c1-11(14-4-2-3-9-19-14)21-22-16-20-17(24-23-16)26-10-15(25)12-5-7-13(18)8-6-12/h2-9H,10H2,1H3,(H2,20,22,23,24)/b21-11+. The summed E-state index contributed by atoms with van der Waals surface area (Å²) in [6.45, 7) is 1.82. The first-order valence-corrected chi connectivity index (χ1v) is 8.66. The number of benzene rings is 1. The van der Waals surface area contributed by atoms with Gasteiger partial charge in [0.25, 0.3) is 0 Å². The summed E-state index contributed by atoms with van der Waals surface area (Å²) in [4.78, 5) is 20.5. The molecule has 0 saturated heterocycles. The van der Waals surface area contributed by atoms with E-state index < -0.39 is 0 Å². The van der Waals surface area contributed by atoms with Crippen LogP contribution in [-0.4, -0.2) is 37.4 Å². The number of hydrazone groups is 1. The van der Waals surface area contributed by atoms with Gasteiger partial charge in [0.1, 0.15) is 5.82 Å². The van der Waals surface area contributed by atoms with Crippen molar-refractivity contribution in [2.75, 3.05) is 11.2 Å². The summed E-state index contributed by atoms with van der Waals surface area (Å²) in [5.74, 6) is 0.00914. The lowest BCUT2D eigenvalue weighted by molar-refractivity contribution is 0.102. The van der Waals surface area contributed by atoms with Gasteiger partial charge in [-0.1, -0.05) is 17.8 Å². The zero-order valence-corrected chi connectivity index (χ0v) is 14.6. The number of Topliss-reactive ketones (excluding diaryl/α,β-unsaturated/α-hetero) is 1. The van der Waals surface area contributed by atoms with E-state index in [1.165, 1.54) is 36.0 Å². The monoisotopic (exact) mass is 370 g/mol. The molecule has 0 bridgehead atoms. The Kier molecular flexibility index (Phi) is 5.69. The predicted octanol–water partition coefficient (Wildman–Crippen LogP) is 3.15. The van der Waals surface area contributed by atoms with Crippen LogP contribution in [0.5, 0.6) is 0 Å². The fourth-order valence-electron chi connectivity index (χ4n) is 1.98. The molecule has 0 aliphatic rings. The molecular weight excluding hydrogens is 355 g/mol. The van der Waals surface area contributed by atoms with E-state index >= 15 is 0 Å². The van der Waals surface area contributed by atoms with Crippen molar-refractivity contribution in [2.45, 2.75) is 12.1 Å². The van der Waals surface area contributed by atoms with Gasteiger partial charge in [-0.05, 0) is 43.3 Å². The van der Waals surface area contributed by atoms with Crippen molar-refractivity contribution in [3.63, 3.8) is 0 Å². The first-order valence-electron chi connectivity index (χ1n) is 7.67. The summed E-state index contributed by atoms with van der Waals surface area (Å²) in [5, 5.41) is 11.3. The number of hydrogen-bond donors (Lipinski definition) is 2. The van der Waals surface area contributed by atoms with Crippen LogP contribution in [0.1, 0.15) is 23.0 Å². The van der Waals surface area contributed by atoms with Crippen molar-refractivity contribution in [2.24, 2.45) is 5.10 Å². The van der Waals surface area contributed by atoms with Crippen LogP contribution in [0.15, 0.2) is 58.9 Å². The number of halogens is 1. The van der Waals surface area contributed by atoms with E-state index in [2.05, 4.69) is 30.7 Å². The number of hydrogen-bond acceptors (Lipinski definition) is 7. The number of thioether (sulfide) groups is 1. The van der Waals surface area contributed by atoms with Gasteiger partial charge in [-0.15, -0.1) is 5.10 Å². The molecule has 0 radical (unpaired) electrons. The number of ketones is 1. The summed E-state index contributed by atoms with van der Waals surface area (Å²) in [6.07, 6.45) is 1.69. The molecular formula is C17H15FN6OS. The maximum atomic E-state index is 12.9. The molecule has 1 aromatic carbocycles. The molecule has 0 unspecified atom stereocenters. The van der Waals surface area contributed by atoms with Crippen LogP contribution in [0.2, 0.25) is 0 Å². The van der Waals surface area contributed by atoms with Crippen LogP contribution in [0.3, 0.4) is 0 Å². The minimum atomic E-state index is -0.375. The highest BCUT2D eigenvalue weighted by molar-refractivity contribution is 7.99. The van der Waals surface area contributed by atoms with Crippen molar-refractivity contribution < 1.29 is 9.18 Å². The van der Waals surface area contributed by atoms with Gasteiger partial charge in [-0.3, -0.25) is 9.78 Å². The number of carbonyl (C=O) groups is 1. The quantitative estimate of drug-likeness (QED) is 0.287. The summed E-state index contributed by atoms with van der Waals surface area (Å²) in [5.41, 5.74) is 4.66. The van der Waals surface area contributed by atoms with Crippen molar-refractivity contribution in [3.05, 3.63) is 65.7 Å². The van der Waals surface area contributed by atoms with E-state index in [9.17, 15) is 9.18 Å². The third kappa shape index (κ3) is 4.73. The van der Waals surface area contributed by atoms with E-state index in [0.29, 0.717) is 22.4 Å². The predicted molar refractivity (Wildman–Crippen MR) is 97.9 cm³/mol. The molecule has 2 heterocycles. The number of aromatic amines is 1. The minimum Gasteiger partial charge on any atom is -0.293 e. The smallest absolute Gasteiger partial charge is 0.240 e. The number of nitrogens with zero attached hydrogens (tertiary/aromatic N) is 4. The first-order chi connectivity index (χ1) is 12.6. The molecule has 0 atom stereocenters. The van der Waals surface area contributed by atoms with Crippen LogP contribution in [0, 0.1) is 5.82 Å². The molecule has 2 N–H and O–H groups in total. The Morgan fingerprint density at radius 3 is 2.81 bits per heavy atom. The first kappa shape index (κ1) is 17.7. The summed E-state index contributed by atoms with van der Waals surface area (Å²) in [6, 6.07) is 11.0. The average molecular weight is 370 g/mol. The van der Waals surface area contributed by atoms with Gasteiger partial charge in [0.05, 0.1) is 17.2 Å². The molecule has 132 valence electrons. The summed E-state index contributed by atoms with van der Waals surface area (Å²) in [7, 11) is 0. The van der Waals surface area contributed by atoms with E-state index in [1.54, 1.807) is 6.20 Å². The topological polar surface area (TPSA) is 95.9 Å². The minimum absolute atomic E-state index is 0.127. The lowest BCUT2D eigenvalue weighted by Gasteiger charge is -1.99. The van der Waals surface area contributed by atoms with Crippen molar-refractivity contribution >= 4 is 29.2 Å². The van der Waals surface area contributed by atoms with Gasteiger partial charge in [-0.25, -0.2) is 14.9 Å². The van der Waals surface area contributed by atoms with Gasteiger partial charge in [-0.2, -0.15) is 10.1 Å². The van der Waals surface area contributed by atoms with Gasteiger partial charge < -0.3 is 0 Å². The number of nitrogens with one attached hydrogen (secondary N) is 2. The average Bonchev–Trinajstić information content (AvgIpc) is 3.13. The number of pyridine rings is 1. The van der Waals surface area contributed by atoms with Crippen LogP contribution in [0.25, 0.3) is 0 Å². The maximum Gasteiger partial charge on any atom is 0.240 e. The number of rotatable bonds is 7.